The summed E-state index contributed by atoms with van der Waals surface area (Å²) in [6, 6.07) is 0. The summed E-state index contributed by atoms with van der Waals surface area (Å²) in [4.78, 5) is 24.3. The lowest BCUT2D eigenvalue weighted by molar-refractivity contribution is -0.131. The van der Waals surface area contributed by atoms with Crippen molar-refractivity contribution in [3.63, 3.8) is 0 Å². The van der Waals surface area contributed by atoms with Gasteiger partial charge in [-0.2, -0.15) is 5.10 Å². The van der Waals surface area contributed by atoms with Crippen LogP contribution in [0.5, 0.6) is 0 Å². The number of nitrogens with two attached hydrogens (primary N) is 1. The molecule has 1 aromatic rings. The molecule has 1 rings (SSSR count). The van der Waals surface area contributed by atoms with E-state index < -0.39 is 5.97 Å². The van der Waals surface area contributed by atoms with Gasteiger partial charge in [0, 0.05) is 21.1 Å². The fraction of sp³-hybridized carbons (Fsp3) is 0.500. The Balaban J connectivity index is 2.74. The van der Waals surface area contributed by atoms with Gasteiger partial charge in [0.1, 0.15) is 0 Å². The highest BCUT2D eigenvalue weighted by atomic mass is 16.5. The first-order valence-corrected chi connectivity index (χ1v) is 5.01. The second-order valence-corrected chi connectivity index (χ2v) is 3.84. The Morgan fingerprint density at radius 3 is 2.47 bits per heavy atom. The minimum Gasteiger partial charge on any atom is -0.451 e. The van der Waals surface area contributed by atoms with Crippen molar-refractivity contribution in [2.24, 2.45) is 7.05 Å². The highest BCUT2D eigenvalue weighted by molar-refractivity contribution is 5.95. The van der Waals surface area contributed by atoms with Crippen molar-refractivity contribution < 1.29 is 14.3 Å². The predicted octanol–water partition coefficient (Wildman–Crippen LogP) is -0.444. The lowest BCUT2D eigenvalue weighted by Gasteiger charge is -2.10. The highest BCUT2D eigenvalue weighted by Crippen LogP contribution is 2.16. The van der Waals surface area contributed by atoms with Gasteiger partial charge < -0.3 is 15.4 Å². The Morgan fingerprint density at radius 1 is 1.47 bits per heavy atom. The van der Waals surface area contributed by atoms with E-state index in [1.807, 2.05) is 0 Å². The van der Waals surface area contributed by atoms with E-state index >= 15 is 0 Å². The lowest BCUT2D eigenvalue weighted by atomic mass is 10.3. The van der Waals surface area contributed by atoms with Gasteiger partial charge in [-0.25, -0.2) is 4.79 Å². The number of amides is 1. The van der Waals surface area contributed by atoms with Crippen LogP contribution in [0.15, 0.2) is 0 Å². The maximum Gasteiger partial charge on any atom is 0.359 e. The van der Waals surface area contributed by atoms with Crippen LogP contribution in [0, 0.1) is 6.92 Å². The molecule has 0 saturated heterocycles. The van der Waals surface area contributed by atoms with Crippen LogP contribution in [-0.2, 0) is 16.6 Å². The Kier molecular flexibility index (Phi) is 3.72. The standard InChI is InChI=1S/C10H16N4O3/c1-6-8(11)9(14(4)12-6)10(16)17-5-7(15)13(2)3/h5,11H2,1-4H3. The number of esters is 1. The van der Waals surface area contributed by atoms with Gasteiger partial charge in [-0.1, -0.05) is 0 Å². The molecule has 0 radical (unpaired) electrons. The zero-order chi connectivity index (χ0) is 13.2. The molecule has 0 unspecified atom stereocenters. The molecule has 0 fully saturated rings. The summed E-state index contributed by atoms with van der Waals surface area (Å²) in [6.07, 6.45) is 0. The molecule has 7 heteroatoms. The van der Waals surface area contributed by atoms with E-state index in [4.69, 9.17) is 10.5 Å². The first kappa shape index (κ1) is 13.0. The van der Waals surface area contributed by atoms with Gasteiger partial charge in [0.25, 0.3) is 5.91 Å². The average molecular weight is 240 g/mol. The van der Waals surface area contributed by atoms with E-state index in [1.165, 1.54) is 9.58 Å². The summed E-state index contributed by atoms with van der Waals surface area (Å²) in [5.74, 6) is -0.948. The third kappa shape index (κ3) is 2.74. The summed E-state index contributed by atoms with van der Waals surface area (Å²) in [7, 11) is 4.76. The Bertz CT molecular complexity index is 451. The summed E-state index contributed by atoms with van der Waals surface area (Å²) in [6.45, 7) is 1.38. The fourth-order valence-corrected chi connectivity index (χ4v) is 1.24. The molecular formula is C10H16N4O3. The number of likely N-dealkylation sites (N-methyl/N-ethyl adjacent to an activating group) is 1. The number of carbonyl (C=O) groups excluding carboxylic acids is 2. The molecule has 17 heavy (non-hydrogen) atoms. The smallest absolute Gasteiger partial charge is 0.359 e. The van der Waals surface area contributed by atoms with E-state index in [-0.39, 0.29) is 23.9 Å². The molecule has 7 nitrogen and oxygen atoms in total. The van der Waals surface area contributed by atoms with Crippen molar-refractivity contribution in [3.05, 3.63) is 11.4 Å². The summed E-state index contributed by atoms with van der Waals surface area (Å²) in [5, 5.41) is 3.99. The van der Waals surface area contributed by atoms with Crippen molar-refractivity contribution in [1.82, 2.24) is 14.7 Å². The van der Waals surface area contributed by atoms with E-state index in [2.05, 4.69) is 5.10 Å². The van der Waals surface area contributed by atoms with Crippen LogP contribution in [0.1, 0.15) is 16.2 Å². The van der Waals surface area contributed by atoms with Crippen molar-refractivity contribution in [2.45, 2.75) is 6.92 Å². The molecule has 1 amide bonds. The van der Waals surface area contributed by atoms with Crippen molar-refractivity contribution in [1.29, 1.82) is 0 Å². The van der Waals surface area contributed by atoms with Gasteiger partial charge in [0.05, 0.1) is 11.4 Å². The quantitative estimate of drug-likeness (QED) is 0.723. The lowest BCUT2D eigenvalue weighted by Crippen LogP contribution is -2.28. The van der Waals surface area contributed by atoms with E-state index in [9.17, 15) is 9.59 Å². The molecule has 0 spiro atoms. The summed E-state index contributed by atoms with van der Waals surface area (Å²) in [5.41, 5.74) is 6.68. The molecular weight excluding hydrogens is 224 g/mol. The fourth-order valence-electron chi connectivity index (χ4n) is 1.24. The Labute approximate surface area is 99.1 Å². The Morgan fingerprint density at radius 2 is 2.06 bits per heavy atom. The van der Waals surface area contributed by atoms with Crippen LogP contribution in [0.2, 0.25) is 0 Å². The molecule has 94 valence electrons. The van der Waals surface area contributed by atoms with Gasteiger partial charge in [-0.15, -0.1) is 0 Å². The van der Waals surface area contributed by atoms with Crippen LogP contribution in [0.4, 0.5) is 5.69 Å². The molecule has 0 aliphatic rings. The third-order valence-electron chi connectivity index (χ3n) is 2.29. The van der Waals surface area contributed by atoms with Crippen LogP contribution in [-0.4, -0.2) is 47.3 Å². The maximum atomic E-state index is 11.7. The molecule has 0 saturated carbocycles. The minimum absolute atomic E-state index is 0.161. The molecule has 1 aromatic heterocycles. The highest BCUT2D eigenvalue weighted by Gasteiger charge is 2.20. The van der Waals surface area contributed by atoms with Gasteiger partial charge in [0.2, 0.25) is 0 Å². The summed E-state index contributed by atoms with van der Waals surface area (Å²) < 4.78 is 6.20. The first-order valence-electron chi connectivity index (χ1n) is 5.01. The van der Waals surface area contributed by atoms with Crippen molar-refractivity contribution >= 4 is 17.6 Å². The number of hydrogen-bond acceptors (Lipinski definition) is 5. The summed E-state index contributed by atoms with van der Waals surface area (Å²) >= 11 is 0. The molecule has 0 bridgehead atoms. The SMILES string of the molecule is Cc1nn(C)c(C(=O)OCC(=O)N(C)C)c1N. The van der Waals surface area contributed by atoms with E-state index in [0.717, 1.165) is 0 Å². The number of aryl methyl sites for hydroxylation is 2. The molecule has 0 aromatic carbocycles. The topological polar surface area (TPSA) is 90.5 Å². The van der Waals surface area contributed by atoms with E-state index in [0.29, 0.717) is 5.69 Å². The van der Waals surface area contributed by atoms with Gasteiger partial charge >= 0.3 is 5.97 Å². The Hall–Kier alpha value is -2.05. The van der Waals surface area contributed by atoms with Gasteiger partial charge in [-0.3, -0.25) is 9.48 Å². The largest absolute Gasteiger partial charge is 0.451 e. The zero-order valence-electron chi connectivity index (χ0n) is 10.4. The van der Waals surface area contributed by atoms with Crippen LogP contribution >= 0.6 is 0 Å². The minimum atomic E-state index is -0.652. The van der Waals surface area contributed by atoms with E-state index in [1.54, 1.807) is 28.1 Å². The van der Waals surface area contributed by atoms with Gasteiger partial charge in [0.15, 0.2) is 12.3 Å². The predicted molar refractivity (Wildman–Crippen MR) is 61.3 cm³/mol. The second kappa shape index (κ2) is 4.86. The number of rotatable bonds is 3. The second-order valence-electron chi connectivity index (χ2n) is 3.84. The molecule has 0 aliphatic heterocycles. The number of ether oxygens (including phenoxy) is 1. The van der Waals surface area contributed by atoms with Gasteiger partial charge in [-0.05, 0) is 6.92 Å². The zero-order valence-corrected chi connectivity index (χ0v) is 10.4. The first-order chi connectivity index (χ1) is 7.84. The molecule has 1 heterocycles. The molecule has 0 aliphatic carbocycles. The van der Waals surface area contributed by atoms with Crippen molar-refractivity contribution in [2.75, 3.05) is 26.4 Å². The monoisotopic (exact) mass is 240 g/mol. The number of nitrogens with zero attached hydrogens (tertiary/aromatic N) is 3. The van der Waals surface area contributed by atoms with Crippen LogP contribution in [0.25, 0.3) is 0 Å². The molecule has 2 N–H and O–H groups in total. The third-order valence-corrected chi connectivity index (χ3v) is 2.29. The number of carbonyl (C=O) groups is 2. The average Bonchev–Trinajstić information content (AvgIpc) is 2.49. The number of hydrogen-bond donors (Lipinski definition) is 1. The number of nitrogen functional groups attached to an aromatic ring is 1. The van der Waals surface area contributed by atoms with Crippen LogP contribution < -0.4 is 5.73 Å². The number of anilines is 1. The normalized spacial score (nSPS) is 10.1. The molecule has 0 atom stereocenters. The maximum absolute atomic E-state index is 11.7. The number of aromatic nitrogens is 2. The van der Waals surface area contributed by atoms with Crippen LogP contribution in [0.3, 0.4) is 0 Å². The van der Waals surface area contributed by atoms with Crippen molar-refractivity contribution in [3.8, 4) is 0 Å².